The van der Waals surface area contributed by atoms with E-state index in [-0.39, 0.29) is 40.9 Å². The van der Waals surface area contributed by atoms with Gasteiger partial charge >= 0.3 is 0 Å². The summed E-state index contributed by atoms with van der Waals surface area (Å²) in [6, 6.07) is 14.3. The van der Waals surface area contributed by atoms with Gasteiger partial charge in [0.05, 0.1) is 12.4 Å². The molecule has 1 fully saturated rings. The van der Waals surface area contributed by atoms with Crippen molar-refractivity contribution in [2.45, 2.75) is 91.0 Å². The lowest BCUT2D eigenvalue weighted by atomic mass is 9.78. The number of phenolic OH excluding ortho intramolecular Hbond substituents is 1. The average Bonchev–Trinajstić information content (AvgIpc) is 3.02. The molecule has 184 valence electrons. The molecule has 3 rings (SSSR count). The molecule has 0 amide bonds. The quantitative estimate of drug-likeness (QED) is 0.441. The van der Waals surface area contributed by atoms with Crippen LogP contribution in [-0.4, -0.2) is 34.2 Å². The minimum atomic E-state index is -0.285. The van der Waals surface area contributed by atoms with Gasteiger partial charge in [0, 0.05) is 28.7 Å². The Hall–Kier alpha value is -2.62. The molecule has 0 saturated carbocycles. The summed E-state index contributed by atoms with van der Waals surface area (Å²) in [6.07, 6.45) is 3.77. The Morgan fingerprint density at radius 1 is 1.03 bits per heavy atom. The summed E-state index contributed by atoms with van der Waals surface area (Å²) >= 11 is 0. The van der Waals surface area contributed by atoms with Gasteiger partial charge in [0.25, 0.3) is 0 Å². The third-order valence-corrected chi connectivity index (χ3v) is 7.00. The van der Waals surface area contributed by atoms with Crippen LogP contribution in [0, 0.1) is 11.3 Å². The number of ketones is 1. The Balaban J connectivity index is 1.90. The summed E-state index contributed by atoms with van der Waals surface area (Å²) < 4.78 is 0. The number of hydrogen-bond acceptors (Lipinski definition) is 3. The highest BCUT2D eigenvalue weighted by molar-refractivity contribution is 6.01. The monoisotopic (exact) mass is 462 g/mol. The first kappa shape index (κ1) is 26.0. The van der Waals surface area contributed by atoms with Crippen LogP contribution in [0.15, 0.2) is 42.5 Å². The Morgan fingerprint density at radius 2 is 1.59 bits per heavy atom. The molecule has 4 nitrogen and oxygen atoms in total. The summed E-state index contributed by atoms with van der Waals surface area (Å²) in [7, 11) is 0. The minimum absolute atomic E-state index is 0.0159. The molecule has 2 aromatic rings. The fraction of sp³-hybridized carbons (Fsp3) is 0.533. The second-order valence-electron chi connectivity index (χ2n) is 11.9. The van der Waals surface area contributed by atoms with Gasteiger partial charge in [0.15, 0.2) is 5.78 Å². The molecule has 1 heterocycles. The van der Waals surface area contributed by atoms with Crippen LogP contribution in [0.1, 0.15) is 94.8 Å². The Bertz CT molecular complexity index is 993. The van der Waals surface area contributed by atoms with Crippen LogP contribution >= 0.6 is 0 Å². The van der Waals surface area contributed by atoms with E-state index in [1.165, 1.54) is 5.56 Å². The van der Waals surface area contributed by atoms with E-state index in [0.29, 0.717) is 11.4 Å². The van der Waals surface area contributed by atoms with Gasteiger partial charge in [-0.25, -0.2) is 0 Å². The molecule has 2 N–H and O–H groups in total. The van der Waals surface area contributed by atoms with Crippen molar-refractivity contribution in [2.75, 3.05) is 6.54 Å². The molecular weight excluding hydrogens is 420 g/mol. The number of nitrogens with zero attached hydrogens (tertiary/aromatic N) is 1. The van der Waals surface area contributed by atoms with Crippen molar-refractivity contribution in [2.24, 2.45) is 5.92 Å². The first-order chi connectivity index (χ1) is 15.8. The number of Topliss-reactive ketones (excluding diaryl/α,β-unsaturated/α-hetero) is 1. The third kappa shape index (κ3) is 5.71. The van der Waals surface area contributed by atoms with E-state index in [4.69, 9.17) is 5.41 Å². The highest BCUT2D eigenvalue weighted by Gasteiger charge is 2.37. The number of nitrogens with one attached hydrogen (secondary N) is 1. The second kappa shape index (κ2) is 9.93. The van der Waals surface area contributed by atoms with E-state index < -0.39 is 0 Å². The van der Waals surface area contributed by atoms with Crippen molar-refractivity contribution in [3.8, 4) is 5.75 Å². The van der Waals surface area contributed by atoms with Gasteiger partial charge < -0.3 is 10.0 Å². The summed E-state index contributed by atoms with van der Waals surface area (Å²) in [5, 5.41) is 20.0. The first-order valence-electron chi connectivity index (χ1n) is 12.6. The zero-order valence-electron chi connectivity index (χ0n) is 22.0. The van der Waals surface area contributed by atoms with Crippen LogP contribution < -0.4 is 0 Å². The van der Waals surface area contributed by atoms with Gasteiger partial charge in [0.1, 0.15) is 5.75 Å². The van der Waals surface area contributed by atoms with Crippen LogP contribution in [0.5, 0.6) is 5.75 Å². The maximum Gasteiger partial charge on any atom is 0.182 e. The number of benzene rings is 2. The van der Waals surface area contributed by atoms with E-state index in [1.807, 2.05) is 35.2 Å². The molecule has 4 heteroatoms. The molecule has 1 aliphatic rings. The fourth-order valence-corrected chi connectivity index (χ4v) is 5.08. The van der Waals surface area contributed by atoms with Crippen molar-refractivity contribution in [3.05, 3.63) is 64.7 Å². The van der Waals surface area contributed by atoms with Crippen molar-refractivity contribution in [3.63, 3.8) is 0 Å². The van der Waals surface area contributed by atoms with E-state index in [9.17, 15) is 9.90 Å². The standard InChI is InChI=1S/C30H42N2O2/c1-8-12-23-16-22(15-20-13-10-9-11-14-20)28(31)32(23)19-26(33)21-17-24(29(2,3)4)27(34)25(18-21)30(5,6)7/h9-11,13-14,17-18,22-23,31,34H,8,12,15-16,19H2,1-7H3. The Morgan fingerprint density at radius 3 is 2.09 bits per heavy atom. The highest BCUT2D eigenvalue weighted by atomic mass is 16.3. The molecule has 0 radical (unpaired) electrons. The van der Waals surface area contributed by atoms with Crippen LogP contribution in [0.3, 0.4) is 0 Å². The zero-order chi connectivity index (χ0) is 25.3. The van der Waals surface area contributed by atoms with Gasteiger partial charge in [-0.2, -0.15) is 0 Å². The predicted octanol–water partition coefficient (Wildman–Crippen LogP) is 6.88. The number of carbonyl (C=O) groups excluding carboxylic acids is 1. The molecule has 34 heavy (non-hydrogen) atoms. The maximum absolute atomic E-state index is 13.6. The van der Waals surface area contributed by atoms with Gasteiger partial charge in [-0.05, 0) is 47.8 Å². The molecule has 2 atom stereocenters. The van der Waals surface area contributed by atoms with Crippen molar-refractivity contribution in [1.82, 2.24) is 4.90 Å². The number of rotatable bonds is 7. The third-order valence-electron chi connectivity index (χ3n) is 7.00. The number of phenols is 1. The minimum Gasteiger partial charge on any atom is -0.507 e. The summed E-state index contributed by atoms with van der Waals surface area (Å²) in [4.78, 5) is 15.7. The smallest absolute Gasteiger partial charge is 0.182 e. The van der Waals surface area contributed by atoms with Crippen LogP contribution in [0.25, 0.3) is 0 Å². The molecule has 1 saturated heterocycles. The topological polar surface area (TPSA) is 64.4 Å². The van der Waals surface area contributed by atoms with Crippen molar-refractivity contribution >= 4 is 11.6 Å². The van der Waals surface area contributed by atoms with E-state index in [0.717, 1.165) is 36.8 Å². The van der Waals surface area contributed by atoms with Crippen LogP contribution in [0.2, 0.25) is 0 Å². The second-order valence-corrected chi connectivity index (χ2v) is 11.9. The largest absolute Gasteiger partial charge is 0.507 e. The Labute approximate surface area is 205 Å². The number of aromatic hydroxyl groups is 1. The van der Waals surface area contributed by atoms with E-state index in [1.54, 1.807) is 0 Å². The van der Waals surface area contributed by atoms with Gasteiger partial charge in [0.2, 0.25) is 0 Å². The van der Waals surface area contributed by atoms with Crippen LogP contribution in [0.4, 0.5) is 0 Å². The van der Waals surface area contributed by atoms with Gasteiger partial charge in [-0.3, -0.25) is 10.2 Å². The first-order valence-corrected chi connectivity index (χ1v) is 12.6. The lowest BCUT2D eigenvalue weighted by molar-refractivity contribution is 0.0950. The molecule has 1 aliphatic heterocycles. The summed E-state index contributed by atoms with van der Waals surface area (Å²) in [5.41, 5.74) is 2.89. The lowest BCUT2D eigenvalue weighted by Crippen LogP contribution is -2.38. The SMILES string of the molecule is CCCC1CC(Cc2ccccc2)C(=N)N1CC(=O)c1cc(C(C)(C)C)c(O)c(C(C)(C)C)c1. The predicted molar refractivity (Wildman–Crippen MR) is 141 cm³/mol. The Kier molecular flexibility index (Phi) is 7.59. The van der Waals surface area contributed by atoms with E-state index >= 15 is 0 Å². The molecule has 0 spiro atoms. The highest BCUT2D eigenvalue weighted by Crippen LogP contribution is 2.40. The van der Waals surface area contributed by atoms with E-state index in [2.05, 4.69) is 60.6 Å². The molecule has 0 aliphatic carbocycles. The number of likely N-dealkylation sites (tertiary alicyclic amines) is 1. The molecule has 0 aromatic heterocycles. The number of carbonyl (C=O) groups is 1. The zero-order valence-corrected chi connectivity index (χ0v) is 22.0. The molecule has 2 unspecified atom stereocenters. The molecular formula is C30H42N2O2. The molecule has 2 aromatic carbocycles. The normalized spacial score (nSPS) is 19.0. The maximum atomic E-state index is 13.6. The van der Waals surface area contributed by atoms with Crippen LogP contribution in [-0.2, 0) is 17.3 Å². The fourth-order valence-electron chi connectivity index (χ4n) is 5.08. The average molecular weight is 463 g/mol. The van der Waals surface area contributed by atoms with Crippen molar-refractivity contribution < 1.29 is 9.90 Å². The van der Waals surface area contributed by atoms with Gasteiger partial charge in [-0.15, -0.1) is 0 Å². The lowest BCUT2D eigenvalue weighted by Gasteiger charge is -2.29. The number of hydrogen-bond donors (Lipinski definition) is 2. The van der Waals surface area contributed by atoms with Gasteiger partial charge in [-0.1, -0.05) is 85.2 Å². The van der Waals surface area contributed by atoms with Crippen molar-refractivity contribution in [1.29, 1.82) is 5.41 Å². The summed E-state index contributed by atoms with van der Waals surface area (Å²) in [5.74, 6) is 1.03. The summed E-state index contributed by atoms with van der Waals surface area (Å²) in [6.45, 7) is 14.7. The number of amidine groups is 1. The molecule has 0 bridgehead atoms.